The fourth-order valence-corrected chi connectivity index (χ4v) is 2.72. The molecule has 0 amide bonds. The highest BCUT2D eigenvalue weighted by Gasteiger charge is 2.17. The summed E-state index contributed by atoms with van der Waals surface area (Å²) in [5.74, 6) is 9.15. The number of allylic oxidation sites excluding steroid dienone is 1. The van der Waals surface area contributed by atoms with Crippen LogP contribution in [-0.2, 0) is 33.4 Å². The molecule has 0 atom stereocenters. The Bertz CT molecular complexity index is 1430. The van der Waals surface area contributed by atoms with Crippen LogP contribution in [0.15, 0.2) is 87.0 Å². The number of rotatable bonds is 14. The Balaban J connectivity index is 2.40. The molecular formula is C32H26O10. The molecule has 2 aromatic rings. The summed E-state index contributed by atoms with van der Waals surface area (Å²) < 4.78 is 31.3. The summed E-state index contributed by atoms with van der Waals surface area (Å²) in [6, 6.07) is 9.94. The van der Waals surface area contributed by atoms with Gasteiger partial charge in [0.05, 0.1) is 6.42 Å². The topological polar surface area (TPSA) is 124 Å². The first-order chi connectivity index (χ1) is 20.3. The molecule has 0 bridgehead atoms. The number of carbonyl (C=O) groups excluding carboxylic acids is 4. The number of benzene rings is 2. The third-order valence-corrected chi connectivity index (χ3v) is 4.72. The third-order valence-electron chi connectivity index (χ3n) is 4.72. The van der Waals surface area contributed by atoms with Crippen LogP contribution in [0.5, 0.6) is 17.2 Å². The standard InChI is InChI=1S/C32H26O10/c1-5-26(33)11-9-10-23-12-14-24(15-13-23)16-17-25-18-27(37-20-39-29(34)6-2)32(42-22-41-31(36)8-4)28(19-25)38-21-40-30(35)7-3/h5-8,12-15,18-19H,1-4,11,20-22H2. The van der Waals surface area contributed by atoms with Crippen molar-refractivity contribution in [3.63, 3.8) is 0 Å². The predicted molar refractivity (Wildman–Crippen MR) is 151 cm³/mol. The number of hydrogen-bond donors (Lipinski definition) is 0. The van der Waals surface area contributed by atoms with Crippen molar-refractivity contribution in [1.82, 2.24) is 0 Å². The normalized spacial score (nSPS) is 9.24. The molecule has 0 N–H and O–H groups in total. The predicted octanol–water partition coefficient (Wildman–Crippen LogP) is 3.78. The molecule has 0 unspecified atom stereocenters. The lowest BCUT2D eigenvalue weighted by Gasteiger charge is -2.17. The van der Waals surface area contributed by atoms with Gasteiger partial charge in [0.2, 0.25) is 26.1 Å². The first kappa shape index (κ1) is 32.2. The number of carbonyl (C=O) groups is 4. The SMILES string of the molecule is C=CC(=O)CC#Cc1ccc(C#Cc2cc(OCOC(=O)C=C)c(OCOC(=O)C=C)c(OCOC(=O)C=C)c2)cc1. The van der Waals surface area contributed by atoms with E-state index in [-0.39, 0.29) is 29.5 Å². The van der Waals surface area contributed by atoms with Gasteiger partial charge in [0.1, 0.15) is 0 Å². The summed E-state index contributed by atoms with van der Waals surface area (Å²) in [5.41, 5.74) is 1.71. The van der Waals surface area contributed by atoms with Gasteiger partial charge in [-0.2, -0.15) is 0 Å². The minimum Gasteiger partial charge on any atom is -0.453 e. The largest absolute Gasteiger partial charge is 0.453 e. The molecule has 214 valence electrons. The van der Waals surface area contributed by atoms with Crippen molar-refractivity contribution < 1.29 is 47.6 Å². The van der Waals surface area contributed by atoms with Crippen molar-refractivity contribution in [2.45, 2.75) is 6.42 Å². The second kappa shape index (κ2) is 17.6. The zero-order valence-electron chi connectivity index (χ0n) is 22.5. The molecule has 42 heavy (non-hydrogen) atoms. The Labute approximate surface area is 242 Å². The lowest BCUT2D eigenvalue weighted by Crippen LogP contribution is -2.13. The highest BCUT2D eigenvalue weighted by Crippen LogP contribution is 2.39. The van der Waals surface area contributed by atoms with Crippen molar-refractivity contribution in [3.05, 3.63) is 104 Å². The molecule has 2 aromatic carbocycles. The second-order valence-electron chi connectivity index (χ2n) is 7.57. The molecule has 0 aromatic heterocycles. The third kappa shape index (κ3) is 11.4. The number of hydrogen-bond acceptors (Lipinski definition) is 10. The quantitative estimate of drug-likeness (QED) is 0.109. The Hall–Kier alpha value is -6.00. The van der Waals surface area contributed by atoms with Crippen LogP contribution in [0.4, 0.5) is 0 Å². The fraction of sp³-hybridized carbons (Fsp3) is 0.125. The van der Waals surface area contributed by atoms with E-state index in [1.807, 2.05) is 0 Å². The van der Waals surface area contributed by atoms with E-state index in [4.69, 9.17) is 28.4 Å². The van der Waals surface area contributed by atoms with Crippen molar-refractivity contribution in [2.24, 2.45) is 0 Å². The van der Waals surface area contributed by atoms with E-state index in [0.29, 0.717) is 16.7 Å². The number of esters is 3. The van der Waals surface area contributed by atoms with Gasteiger partial charge >= 0.3 is 17.9 Å². The Kier molecular flexibility index (Phi) is 13.5. The maximum absolute atomic E-state index is 11.5. The van der Waals surface area contributed by atoms with Crippen molar-refractivity contribution in [3.8, 4) is 40.9 Å². The van der Waals surface area contributed by atoms with E-state index >= 15 is 0 Å². The summed E-state index contributed by atoms with van der Waals surface area (Å²) in [6.07, 6.45) is 4.16. The number of ketones is 1. The summed E-state index contributed by atoms with van der Waals surface area (Å²) in [6.45, 7) is 11.7. The smallest absolute Gasteiger partial charge is 0.333 e. The Morgan fingerprint density at radius 1 is 0.595 bits per heavy atom. The van der Waals surface area contributed by atoms with Crippen LogP contribution in [0.1, 0.15) is 23.1 Å². The van der Waals surface area contributed by atoms with Gasteiger partial charge in [0.25, 0.3) is 0 Å². The van der Waals surface area contributed by atoms with E-state index in [0.717, 1.165) is 18.2 Å². The summed E-state index contributed by atoms with van der Waals surface area (Å²) in [5, 5.41) is 0. The minimum atomic E-state index is -0.746. The lowest BCUT2D eigenvalue weighted by molar-refractivity contribution is -0.146. The molecule has 0 heterocycles. The summed E-state index contributed by atoms with van der Waals surface area (Å²) in [7, 11) is 0. The zero-order valence-corrected chi connectivity index (χ0v) is 22.5. The number of ether oxygens (including phenoxy) is 6. The average Bonchev–Trinajstić information content (AvgIpc) is 3.01. The molecule has 10 heteroatoms. The van der Waals surface area contributed by atoms with Crippen LogP contribution in [0.2, 0.25) is 0 Å². The highest BCUT2D eigenvalue weighted by molar-refractivity contribution is 5.90. The molecule has 0 aliphatic carbocycles. The zero-order chi connectivity index (χ0) is 30.7. The Morgan fingerprint density at radius 2 is 1.02 bits per heavy atom. The van der Waals surface area contributed by atoms with Crippen LogP contribution in [-0.4, -0.2) is 44.1 Å². The van der Waals surface area contributed by atoms with Gasteiger partial charge in [0.15, 0.2) is 17.3 Å². The van der Waals surface area contributed by atoms with Crippen molar-refractivity contribution in [2.75, 3.05) is 20.4 Å². The second-order valence-corrected chi connectivity index (χ2v) is 7.57. The van der Waals surface area contributed by atoms with Gasteiger partial charge in [-0.15, -0.1) is 0 Å². The fourth-order valence-electron chi connectivity index (χ4n) is 2.72. The van der Waals surface area contributed by atoms with E-state index in [1.165, 1.54) is 18.2 Å². The van der Waals surface area contributed by atoms with Gasteiger partial charge in [-0.3, -0.25) is 4.79 Å². The van der Waals surface area contributed by atoms with Gasteiger partial charge in [0, 0.05) is 47.1 Å². The van der Waals surface area contributed by atoms with Gasteiger partial charge in [-0.25, -0.2) is 14.4 Å². The van der Waals surface area contributed by atoms with Gasteiger partial charge in [-0.1, -0.05) is 50.0 Å². The molecular weight excluding hydrogens is 544 g/mol. The highest BCUT2D eigenvalue weighted by atomic mass is 16.7. The van der Waals surface area contributed by atoms with Crippen LogP contribution in [0.3, 0.4) is 0 Å². The molecule has 0 saturated carbocycles. The molecule has 0 saturated heterocycles. The molecule has 2 rings (SSSR count). The van der Waals surface area contributed by atoms with Crippen LogP contribution < -0.4 is 14.2 Å². The summed E-state index contributed by atoms with van der Waals surface area (Å²) in [4.78, 5) is 45.7. The van der Waals surface area contributed by atoms with Crippen LogP contribution in [0.25, 0.3) is 0 Å². The van der Waals surface area contributed by atoms with E-state index in [9.17, 15) is 19.2 Å². The summed E-state index contributed by atoms with van der Waals surface area (Å²) >= 11 is 0. The molecule has 0 radical (unpaired) electrons. The van der Waals surface area contributed by atoms with Crippen LogP contribution >= 0.6 is 0 Å². The average molecular weight is 571 g/mol. The molecule has 0 aliphatic heterocycles. The van der Waals surface area contributed by atoms with Crippen molar-refractivity contribution in [1.29, 1.82) is 0 Å². The first-order valence-corrected chi connectivity index (χ1v) is 12.0. The Morgan fingerprint density at radius 3 is 1.48 bits per heavy atom. The minimum absolute atomic E-state index is 0.00180. The van der Waals surface area contributed by atoms with E-state index < -0.39 is 38.3 Å². The molecule has 0 aliphatic rings. The monoisotopic (exact) mass is 570 g/mol. The van der Waals surface area contributed by atoms with E-state index in [1.54, 1.807) is 24.3 Å². The molecule has 10 nitrogen and oxygen atoms in total. The molecule has 0 spiro atoms. The van der Waals surface area contributed by atoms with Crippen molar-refractivity contribution >= 4 is 23.7 Å². The van der Waals surface area contributed by atoms with E-state index in [2.05, 4.69) is 50.0 Å². The molecule has 0 fully saturated rings. The van der Waals surface area contributed by atoms with Crippen LogP contribution in [0, 0.1) is 23.7 Å². The maximum Gasteiger partial charge on any atom is 0.333 e. The van der Waals surface area contributed by atoms with Gasteiger partial charge in [-0.05, 0) is 30.3 Å². The lowest BCUT2D eigenvalue weighted by atomic mass is 10.1. The first-order valence-electron chi connectivity index (χ1n) is 12.0. The van der Waals surface area contributed by atoms with Gasteiger partial charge < -0.3 is 28.4 Å². The maximum atomic E-state index is 11.5.